The molecule has 1 atom stereocenters. The molecule has 2 amide bonds. The molecule has 150 valence electrons. The molecule has 0 spiro atoms. The number of carbonyl (C=O) groups excluding carboxylic acids is 2. The number of pyridine rings is 1. The average Bonchev–Trinajstić information content (AvgIpc) is 2.63. The van der Waals surface area contributed by atoms with Gasteiger partial charge in [0.1, 0.15) is 17.3 Å². The van der Waals surface area contributed by atoms with Gasteiger partial charge < -0.3 is 15.2 Å². The molecule has 28 heavy (non-hydrogen) atoms. The summed E-state index contributed by atoms with van der Waals surface area (Å²) in [5, 5.41) is 4.50. The van der Waals surface area contributed by atoms with E-state index in [0.717, 1.165) is 22.6 Å². The monoisotopic (exact) mass is 411 g/mol. The molecule has 0 aliphatic carbocycles. The van der Waals surface area contributed by atoms with Crippen molar-refractivity contribution in [2.24, 2.45) is 0 Å². The highest BCUT2D eigenvalue weighted by Gasteiger charge is 2.21. The lowest BCUT2D eigenvalue weighted by Crippen LogP contribution is -2.27. The number of rotatable bonds is 7. The molecule has 8 nitrogen and oxygen atoms in total. The maximum Gasteiger partial charge on any atom is 0.257 e. The van der Waals surface area contributed by atoms with Crippen molar-refractivity contribution in [3.63, 3.8) is 0 Å². The molecule has 1 aromatic carbocycles. The van der Waals surface area contributed by atoms with E-state index < -0.39 is 34.5 Å². The Balaban J connectivity index is 2.30. The van der Waals surface area contributed by atoms with Gasteiger partial charge in [-0.05, 0) is 30.7 Å². The first kappa shape index (κ1) is 21.4. The predicted octanol–water partition coefficient (Wildman–Crippen LogP) is 2.58. The highest BCUT2D eigenvalue weighted by atomic mass is 32.2. The van der Waals surface area contributed by atoms with Crippen LogP contribution in [-0.4, -0.2) is 32.1 Å². The third-order valence-electron chi connectivity index (χ3n) is 3.51. The zero-order valence-corrected chi connectivity index (χ0v) is 15.8. The molecular formula is C17H17F2N4O4S-. The van der Waals surface area contributed by atoms with Crippen molar-refractivity contribution in [2.45, 2.75) is 20.3 Å². The van der Waals surface area contributed by atoms with E-state index in [1.54, 1.807) is 6.92 Å². The highest BCUT2D eigenvalue weighted by molar-refractivity contribution is 7.80. The summed E-state index contributed by atoms with van der Waals surface area (Å²) in [7, 11) is 0. The molecule has 0 saturated heterocycles. The summed E-state index contributed by atoms with van der Waals surface area (Å²) in [5.41, 5.74) is -1.18. The Kier molecular flexibility index (Phi) is 7.12. The Bertz CT molecular complexity index is 909. The number of nitrogens with one attached hydrogen (secondary N) is 2. The number of aromatic nitrogens is 1. The minimum Gasteiger partial charge on any atom is -0.755 e. The standard InChI is InChI=1S/C17H18F2N4O4S/c1-3-8-23(28(26)27)13-6-5-12(18)16(15(13)19)22-17(25)11-4-7-14(20-9-11)21-10(2)24/h4-7,9H,3,8H2,1-2H3,(H,22,25)(H,26,27)(H,20,21,24)/p-1. The van der Waals surface area contributed by atoms with E-state index in [2.05, 4.69) is 15.6 Å². The third-order valence-corrected chi connectivity index (χ3v) is 4.25. The van der Waals surface area contributed by atoms with E-state index in [-0.39, 0.29) is 29.5 Å². The summed E-state index contributed by atoms with van der Waals surface area (Å²) in [6, 6.07) is 4.50. The third kappa shape index (κ3) is 5.08. The molecule has 11 heteroatoms. The Morgan fingerprint density at radius 1 is 1.21 bits per heavy atom. The van der Waals surface area contributed by atoms with Crippen LogP contribution in [0.3, 0.4) is 0 Å². The van der Waals surface area contributed by atoms with Crippen LogP contribution < -0.4 is 14.9 Å². The van der Waals surface area contributed by atoms with Crippen LogP contribution in [0.15, 0.2) is 30.5 Å². The largest absolute Gasteiger partial charge is 0.755 e. The first-order chi connectivity index (χ1) is 13.2. The van der Waals surface area contributed by atoms with Gasteiger partial charge in [0.25, 0.3) is 5.91 Å². The first-order valence-electron chi connectivity index (χ1n) is 8.14. The van der Waals surface area contributed by atoms with E-state index in [9.17, 15) is 27.1 Å². The minimum atomic E-state index is -2.77. The van der Waals surface area contributed by atoms with Gasteiger partial charge in [0.15, 0.2) is 5.82 Å². The summed E-state index contributed by atoms with van der Waals surface area (Å²) >= 11 is -2.77. The van der Waals surface area contributed by atoms with Crippen molar-refractivity contribution in [2.75, 3.05) is 21.5 Å². The molecule has 1 aromatic heterocycles. The van der Waals surface area contributed by atoms with Crippen LogP contribution in [0.2, 0.25) is 0 Å². The molecule has 0 aliphatic heterocycles. The van der Waals surface area contributed by atoms with E-state index in [4.69, 9.17) is 0 Å². The fraction of sp³-hybridized carbons (Fsp3) is 0.235. The van der Waals surface area contributed by atoms with E-state index >= 15 is 0 Å². The maximum atomic E-state index is 14.7. The van der Waals surface area contributed by atoms with Crippen LogP contribution in [0.5, 0.6) is 0 Å². The fourth-order valence-corrected chi connectivity index (χ4v) is 2.93. The molecule has 0 radical (unpaired) electrons. The summed E-state index contributed by atoms with van der Waals surface area (Å²) in [6.45, 7) is 2.97. The van der Waals surface area contributed by atoms with E-state index in [1.165, 1.54) is 19.1 Å². The molecular weight excluding hydrogens is 394 g/mol. The van der Waals surface area contributed by atoms with E-state index in [1.807, 2.05) is 0 Å². The molecule has 1 heterocycles. The number of amides is 2. The average molecular weight is 411 g/mol. The second-order valence-corrected chi connectivity index (χ2v) is 6.52. The summed E-state index contributed by atoms with van der Waals surface area (Å²) < 4.78 is 52.2. The Morgan fingerprint density at radius 3 is 2.46 bits per heavy atom. The van der Waals surface area contributed by atoms with Gasteiger partial charge in [-0.25, -0.2) is 13.8 Å². The smallest absolute Gasteiger partial charge is 0.257 e. The minimum absolute atomic E-state index is 0.0133. The SMILES string of the molecule is CCCN(c1ccc(F)c(NC(=O)c2ccc(NC(C)=O)nc2)c1F)S(=O)[O-]. The van der Waals surface area contributed by atoms with E-state index in [0.29, 0.717) is 6.42 Å². The fourth-order valence-electron chi connectivity index (χ4n) is 2.30. The second kappa shape index (κ2) is 9.33. The number of carbonyl (C=O) groups is 2. The lowest BCUT2D eigenvalue weighted by molar-refractivity contribution is -0.114. The number of halogens is 2. The number of anilines is 3. The number of benzene rings is 1. The first-order valence-corrected chi connectivity index (χ1v) is 9.17. The molecule has 2 rings (SSSR count). The van der Waals surface area contributed by atoms with Gasteiger partial charge in [0.05, 0.1) is 11.3 Å². The maximum absolute atomic E-state index is 14.7. The van der Waals surface area contributed by atoms with Gasteiger partial charge in [-0.15, -0.1) is 0 Å². The van der Waals surface area contributed by atoms with Crippen LogP contribution in [0.4, 0.5) is 26.0 Å². The molecule has 0 fully saturated rings. The Hall–Kier alpha value is -2.92. The number of hydrogen-bond donors (Lipinski definition) is 2. The van der Waals surface area contributed by atoms with Gasteiger partial charge in [0, 0.05) is 30.9 Å². The topological polar surface area (TPSA) is 114 Å². The van der Waals surface area contributed by atoms with Crippen molar-refractivity contribution in [3.05, 3.63) is 47.7 Å². The molecule has 0 saturated carbocycles. The van der Waals surface area contributed by atoms with Crippen LogP contribution >= 0.6 is 0 Å². The molecule has 0 bridgehead atoms. The van der Waals surface area contributed by atoms with Gasteiger partial charge in [0.2, 0.25) is 5.91 Å². The van der Waals surface area contributed by atoms with Crippen molar-refractivity contribution in [1.29, 1.82) is 0 Å². The molecule has 1 unspecified atom stereocenters. The molecule has 2 aromatic rings. The van der Waals surface area contributed by atoms with Gasteiger partial charge in [-0.3, -0.25) is 18.1 Å². The normalized spacial score (nSPS) is 11.6. The summed E-state index contributed by atoms with van der Waals surface area (Å²) in [4.78, 5) is 27.1. The van der Waals surface area contributed by atoms with Gasteiger partial charge >= 0.3 is 0 Å². The summed E-state index contributed by atoms with van der Waals surface area (Å²) in [6.07, 6.45) is 1.52. The van der Waals surface area contributed by atoms with Gasteiger partial charge in [-0.1, -0.05) is 6.92 Å². The van der Waals surface area contributed by atoms with Crippen LogP contribution in [0.1, 0.15) is 30.6 Å². The zero-order chi connectivity index (χ0) is 20.8. The quantitative estimate of drug-likeness (QED) is 0.680. The second-order valence-electron chi connectivity index (χ2n) is 5.64. The van der Waals surface area contributed by atoms with Crippen molar-refractivity contribution < 1.29 is 27.1 Å². The molecule has 2 N–H and O–H groups in total. The highest BCUT2D eigenvalue weighted by Crippen LogP contribution is 2.30. The lowest BCUT2D eigenvalue weighted by Gasteiger charge is -2.27. The van der Waals surface area contributed by atoms with Crippen LogP contribution in [-0.2, 0) is 16.1 Å². The Morgan fingerprint density at radius 2 is 1.93 bits per heavy atom. The number of hydrogen-bond acceptors (Lipinski definition) is 5. The van der Waals surface area contributed by atoms with Crippen LogP contribution in [0, 0.1) is 11.6 Å². The number of nitrogens with zero attached hydrogens (tertiary/aromatic N) is 2. The lowest BCUT2D eigenvalue weighted by atomic mass is 10.2. The van der Waals surface area contributed by atoms with Crippen molar-refractivity contribution in [3.8, 4) is 0 Å². The summed E-state index contributed by atoms with van der Waals surface area (Å²) in [5.74, 6) is -3.28. The molecule has 0 aliphatic rings. The van der Waals surface area contributed by atoms with Gasteiger partial charge in [-0.2, -0.15) is 0 Å². The predicted molar refractivity (Wildman–Crippen MR) is 99.4 cm³/mol. The van der Waals surface area contributed by atoms with Crippen LogP contribution in [0.25, 0.3) is 0 Å². The van der Waals surface area contributed by atoms with Crippen molar-refractivity contribution in [1.82, 2.24) is 4.98 Å². The zero-order valence-electron chi connectivity index (χ0n) is 15.0. The van der Waals surface area contributed by atoms with Crippen molar-refractivity contribution >= 4 is 40.3 Å². The Labute approximate surface area is 162 Å².